The van der Waals surface area contributed by atoms with Crippen LogP contribution >= 0.6 is 12.2 Å². The molecule has 3 N–H and O–H groups in total. The third-order valence-electron chi connectivity index (χ3n) is 3.53. The lowest BCUT2D eigenvalue weighted by Crippen LogP contribution is -2.20. The highest BCUT2D eigenvalue weighted by Gasteiger charge is 2.09. The number of para-hydroxylation sites is 1. The van der Waals surface area contributed by atoms with Gasteiger partial charge in [-0.1, -0.05) is 42.5 Å². The molecule has 0 amide bonds. The summed E-state index contributed by atoms with van der Waals surface area (Å²) in [6.07, 6.45) is 1.28. The van der Waals surface area contributed by atoms with Gasteiger partial charge in [-0.05, 0) is 29.9 Å². The fourth-order valence-corrected chi connectivity index (χ4v) is 2.43. The van der Waals surface area contributed by atoms with Gasteiger partial charge in [0.05, 0.1) is 5.52 Å². The van der Waals surface area contributed by atoms with Crippen LogP contribution in [-0.4, -0.2) is 21.4 Å². The molecule has 1 heterocycles. The van der Waals surface area contributed by atoms with Gasteiger partial charge in [-0.15, -0.1) is 0 Å². The molecule has 3 aromatic rings. The quantitative estimate of drug-likeness (QED) is 0.507. The van der Waals surface area contributed by atoms with Crippen molar-refractivity contribution >= 4 is 34.4 Å². The predicted molar refractivity (Wildman–Crippen MR) is 99.7 cm³/mol. The van der Waals surface area contributed by atoms with Crippen LogP contribution < -0.4 is 10.9 Å². The third kappa shape index (κ3) is 3.49. The Morgan fingerprint density at radius 2 is 1.88 bits per heavy atom. The van der Waals surface area contributed by atoms with Gasteiger partial charge in [0, 0.05) is 18.1 Å². The summed E-state index contributed by atoms with van der Waals surface area (Å²) in [5.41, 5.74) is 1.31. The zero-order valence-electron chi connectivity index (χ0n) is 12.7. The molecule has 0 saturated carbocycles. The Hall–Kier alpha value is -2.99. The van der Waals surface area contributed by atoms with Gasteiger partial charge in [-0.3, -0.25) is 4.79 Å². The Kier molecular flexibility index (Phi) is 4.67. The van der Waals surface area contributed by atoms with Gasteiger partial charge in [0.2, 0.25) is 0 Å². The minimum Gasteiger partial charge on any atom is -0.506 e. The number of H-pyrrole nitrogens is 1. The molecule has 0 aliphatic heterocycles. The van der Waals surface area contributed by atoms with E-state index >= 15 is 0 Å². The zero-order valence-corrected chi connectivity index (χ0v) is 13.5. The van der Waals surface area contributed by atoms with Crippen molar-refractivity contribution in [2.75, 3.05) is 0 Å². The Morgan fingerprint density at radius 3 is 2.67 bits per heavy atom. The standard InChI is InChI=1S/C18H15N3O2S/c22-16-13-8-4-5-9-15(13)21-17(23)14(16)11-20-18(24)19-10-12-6-2-1-3-7-12/h1-9,11H,10H2,(H,19,24)(H2,21,22,23)/b20-11+. The molecule has 5 nitrogen and oxygen atoms in total. The number of aromatic hydroxyl groups is 1. The van der Waals surface area contributed by atoms with Crippen molar-refractivity contribution in [2.24, 2.45) is 4.99 Å². The molecule has 0 spiro atoms. The molecule has 0 aliphatic carbocycles. The number of aromatic amines is 1. The Bertz CT molecular complexity index is 965. The topological polar surface area (TPSA) is 77.5 Å². The van der Waals surface area contributed by atoms with E-state index in [1.807, 2.05) is 30.3 Å². The highest BCUT2D eigenvalue weighted by Crippen LogP contribution is 2.23. The van der Waals surface area contributed by atoms with Crippen LogP contribution in [0.4, 0.5) is 0 Å². The fourth-order valence-electron chi connectivity index (χ4n) is 2.30. The van der Waals surface area contributed by atoms with Crippen LogP contribution in [0.15, 0.2) is 64.4 Å². The lowest BCUT2D eigenvalue weighted by atomic mass is 10.1. The molecule has 120 valence electrons. The maximum Gasteiger partial charge on any atom is 0.261 e. The number of thiocarbonyl (C=S) groups is 1. The van der Waals surface area contributed by atoms with Gasteiger partial charge in [0.1, 0.15) is 11.3 Å². The molecule has 0 saturated heterocycles. The molecular weight excluding hydrogens is 322 g/mol. The molecule has 0 unspecified atom stereocenters. The third-order valence-corrected chi connectivity index (χ3v) is 3.78. The second kappa shape index (κ2) is 7.06. The predicted octanol–water partition coefficient (Wildman–Crippen LogP) is 2.73. The summed E-state index contributed by atoms with van der Waals surface area (Å²) in [5.74, 6) is -0.107. The van der Waals surface area contributed by atoms with Gasteiger partial charge >= 0.3 is 0 Å². The summed E-state index contributed by atoms with van der Waals surface area (Å²) in [5, 5.41) is 14.1. The SMILES string of the molecule is O=c1[nH]c2ccccc2c(O)c1/C=N/C(=S)NCc1ccccc1. The average molecular weight is 337 g/mol. The first-order chi connectivity index (χ1) is 11.6. The van der Waals surface area contributed by atoms with Gasteiger partial charge in [0.15, 0.2) is 5.11 Å². The lowest BCUT2D eigenvalue weighted by molar-refractivity contribution is 0.479. The number of hydrogen-bond donors (Lipinski definition) is 3. The van der Waals surface area contributed by atoms with Crippen LogP contribution in [0.2, 0.25) is 0 Å². The van der Waals surface area contributed by atoms with Crippen molar-refractivity contribution in [3.63, 3.8) is 0 Å². The normalized spacial score (nSPS) is 11.0. The maximum absolute atomic E-state index is 12.1. The van der Waals surface area contributed by atoms with Gasteiger partial charge in [-0.25, -0.2) is 4.99 Å². The van der Waals surface area contributed by atoms with Gasteiger partial charge in [0.25, 0.3) is 5.56 Å². The number of rotatable bonds is 3. The molecule has 0 fully saturated rings. The molecule has 0 atom stereocenters. The summed E-state index contributed by atoms with van der Waals surface area (Å²) in [6.45, 7) is 0.539. The number of nitrogens with zero attached hydrogens (tertiary/aromatic N) is 1. The van der Waals surface area contributed by atoms with E-state index in [0.717, 1.165) is 5.56 Å². The summed E-state index contributed by atoms with van der Waals surface area (Å²) in [7, 11) is 0. The summed E-state index contributed by atoms with van der Waals surface area (Å²) < 4.78 is 0. The number of aliphatic imine (C=N–C) groups is 1. The van der Waals surface area contributed by atoms with Crippen LogP contribution in [-0.2, 0) is 6.54 Å². The van der Waals surface area contributed by atoms with Crippen LogP contribution in [0.25, 0.3) is 10.9 Å². The second-order valence-corrected chi connectivity index (χ2v) is 5.55. The fraction of sp³-hybridized carbons (Fsp3) is 0.0556. The number of fused-ring (bicyclic) bond motifs is 1. The Labute approximate surface area is 143 Å². The maximum atomic E-state index is 12.1. The van der Waals surface area contributed by atoms with E-state index < -0.39 is 5.56 Å². The minimum atomic E-state index is -0.416. The van der Waals surface area contributed by atoms with Gasteiger partial charge in [-0.2, -0.15) is 0 Å². The molecule has 0 radical (unpaired) electrons. The number of pyridine rings is 1. The van der Waals surface area contributed by atoms with E-state index in [1.54, 1.807) is 24.3 Å². The number of aromatic nitrogens is 1. The van der Waals surface area contributed by atoms with Crippen LogP contribution in [0.3, 0.4) is 0 Å². The van der Waals surface area contributed by atoms with Crippen molar-refractivity contribution in [2.45, 2.75) is 6.54 Å². The van der Waals surface area contributed by atoms with Gasteiger partial charge < -0.3 is 15.4 Å². The van der Waals surface area contributed by atoms with Crippen molar-refractivity contribution in [3.8, 4) is 5.75 Å². The Balaban J connectivity index is 1.78. The monoisotopic (exact) mass is 337 g/mol. The van der Waals surface area contributed by atoms with Crippen molar-refractivity contribution in [3.05, 3.63) is 76.1 Å². The zero-order chi connectivity index (χ0) is 16.9. The van der Waals surface area contributed by atoms with E-state index in [1.165, 1.54) is 6.21 Å². The average Bonchev–Trinajstić information content (AvgIpc) is 2.60. The minimum absolute atomic E-state index is 0.0811. The van der Waals surface area contributed by atoms with Crippen LogP contribution in [0.5, 0.6) is 5.75 Å². The van der Waals surface area contributed by atoms with Crippen molar-refractivity contribution in [1.29, 1.82) is 0 Å². The number of benzene rings is 2. The first-order valence-electron chi connectivity index (χ1n) is 7.35. The molecule has 6 heteroatoms. The van der Waals surface area contributed by atoms with Crippen molar-refractivity contribution < 1.29 is 5.11 Å². The van der Waals surface area contributed by atoms with E-state index in [-0.39, 0.29) is 16.4 Å². The molecule has 24 heavy (non-hydrogen) atoms. The summed E-state index contributed by atoms with van der Waals surface area (Å²) >= 11 is 5.13. The summed E-state index contributed by atoms with van der Waals surface area (Å²) in [6, 6.07) is 16.8. The first kappa shape index (κ1) is 15.9. The second-order valence-electron chi connectivity index (χ2n) is 5.16. The lowest BCUT2D eigenvalue weighted by Gasteiger charge is -2.05. The highest BCUT2D eigenvalue weighted by molar-refractivity contribution is 7.80. The number of nitrogens with one attached hydrogen (secondary N) is 2. The molecule has 3 rings (SSSR count). The Morgan fingerprint density at radius 1 is 1.17 bits per heavy atom. The number of hydrogen-bond acceptors (Lipinski definition) is 3. The van der Waals surface area contributed by atoms with E-state index in [2.05, 4.69) is 15.3 Å². The molecule has 2 aromatic carbocycles. The first-order valence-corrected chi connectivity index (χ1v) is 7.76. The molecular formula is C18H15N3O2S. The van der Waals surface area contributed by atoms with Crippen molar-refractivity contribution in [1.82, 2.24) is 10.3 Å². The van der Waals surface area contributed by atoms with Crippen LogP contribution in [0, 0.1) is 0 Å². The van der Waals surface area contributed by atoms with E-state index in [0.29, 0.717) is 17.4 Å². The van der Waals surface area contributed by atoms with E-state index in [4.69, 9.17) is 12.2 Å². The molecule has 0 bridgehead atoms. The highest BCUT2D eigenvalue weighted by atomic mass is 32.1. The van der Waals surface area contributed by atoms with Crippen LogP contribution in [0.1, 0.15) is 11.1 Å². The molecule has 1 aromatic heterocycles. The molecule has 0 aliphatic rings. The smallest absolute Gasteiger partial charge is 0.261 e. The van der Waals surface area contributed by atoms with E-state index in [9.17, 15) is 9.90 Å². The summed E-state index contributed by atoms with van der Waals surface area (Å²) in [4.78, 5) is 18.8. The largest absolute Gasteiger partial charge is 0.506 e.